The van der Waals surface area contributed by atoms with Gasteiger partial charge in [-0.25, -0.2) is 0 Å². The number of carbonyl (C=O) groups is 1. The first kappa shape index (κ1) is 24.0. The van der Waals surface area contributed by atoms with E-state index >= 15 is 0 Å². The molecule has 0 aliphatic rings. The Labute approximate surface area is 199 Å². The van der Waals surface area contributed by atoms with Crippen molar-refractivity contribution in [2.24, 2.45) is 0 Å². The van der Waals surface area contributed by atoms with Crippen molar-refractivity contribution >= 4 is 34.8 Å². The lowest BCUT2D eigenvalue weighted by Crippen LogP contribution is -2.14. The Balaban J connectivity index is 1.84. The van der Waals surface area contributed by atoms with Crippen LogP contribution in [0.4, 0.5) is 5.69 Å². The van der Waals surface area contributed by atoms with Crippen molar-refractivity contribution in [2.75, 3.05) is 11.9 Å². The number of ether oxygens (including phenoxy) is 2. The first-order valence-corrected chi connectivity index (χ1v) is 11.2. The number of benzene rings is 3. The zero-order valence-electron chi connectivity index (χ0n) is 18.7. The second kappa shape index (κ2) is 10.3. The minimum Gasteiger partial charge on any atom is -0.493 e. The normalized spacial score (nSPS) is 11.2. The second-order valence-corrected chi connectivity index (χ2v) is 9.28. The van der Waals surface area contributed by atoms with Crippen LogP contribution in [0.3, 0.4) is 0 Å². The van der Waals surface area contributed by atoms with Crippen LogP contribution in [-0.4, -0.2) is 12.5 Å². The summed E-state index contributed by atoms with van der Waals surface area (Å²) >= 11 is 12.1. The molecular formula is C26H27Cl2NO3. The highest BCUT2D eigenvalue weighted by Crippen LogP contribution is 2.32. The van der Waals surface area contributed by atoms with E-state index in [4.69, 9.17) is 32.7 Å². The van der Waals surface area contributed by atoms with Crippen LogP contribution in [0, 0.1) is 0 Å². The van der Waals surface area contributed by atoms with Crippen molar-refractivity contribution in [3.63, 3.8) is 0 Å². The largest absolute Gasteiger partial charge is 0.493 e. The molecule has 0 atom stereocenters. The maximum Gasteiger partial charge on any atom is 0.255 e. The summed E-state index contributed by atoms with van der Waals surface area (Å²) in [5.41, 5.74) is 2.85. The average molecular weight is 472 g/mol. The van der Waals surface area contributed by atoms with Gasteiger partial charge in [0.05, 0.1) is 6.61 Å². The molecule has 0 aliphatic heterocycles. The Morgan fingerprint density at radius 3 is 2.25 bits per heavy atom. The Kier molecular flexibility index (Phi) is 7.70. The molecule has 3 aromatic carbocycles. The zero-order chi connectivity index (χ0) is 23.3. The van der Waals surface area contributed by atoms with Crippen molar-refractivity contribution < 1.29 is 14.3 Å². The van der Waals surface area contributed by atoms with Gasteiger partial charge in [0.25, 0.3) is 5.91 Å². The Bertz CT molecular complexity index is 1090. The van der Waals surface area contributed by atoms with Gasteiger partial charge in [-0.05, 0) is 60.4 Å². The molecule has 0 aliphatic carbocycles. The maximum absolute atomic E-state index is 12.8. The predicted octanol–water partition coefficient (Wildman–Crippen LogP) is 7.52. The van der Waals surface area contributed by atoms with Gasteiger partial charge in [-0.15, -0.1) is 0 Å². The molecule has 4 nitrogen and oxygen atoms in total. The Morgan fingerprint density at radius 2 is 1.59 bits per heavy atom. The predicted molar refractivity (Wildman–Crippen MR) is 132 cm³/mol. The van der Waals surface area contributed by atoms with E-state index in [1.54, 1.807) is 36.4 Å². The second-order valence-electron chi connectivity index (χ2n) is 8.40. The molecule has 1 N–H and O–H groups in total. The monoisotopic (exact) mass is 471 g/mol. The lowest BCUT2D eigenvalue weighted by molar-refractivity contribution is 0.102. The summed E-state index contributed by atoms with van der Waals surface area (Å²) in [6.45, 7) is 9.14. The van der Waals surface area contributed by atoms with Crippen LogP contribution in [-0.2, 0) is 12.0 Å². The van der Waals surface area contributed by atoms with Crippen LogP contribution >= 0.6 is 23.2 Å². The lowest BCUT2D eigenvalue weighted by atomic mass is 9.86. The molecule has 32 heavy (non-hydrogen) atoms. The summed E-state index contributed by atoms with van der Waals surface area (Å²) in [6.07, 6.45) is 0. The summed E-state index contributed by atoms with van der Waals surface area (Å²) in [5.74, 6) is 1.22. The van der Waals surface area contributed by atoms with Crippen molar-refractivity contribution in [2.45, 2.75) is 39.7 Å². The molecule has 0 radical (unpaired) electrons. The van der Waals surface area contributed by atoms with Crippen LogP contribution in [0.2, 0.25) is 10.0 Å². The molecule has 0 saturated carbocycles. The average Bonchev–Trinajstić information content (AvgIpc) is 2.72. The SMILES string of the molecule is CCOc1ccc(C(=O)Nc2cc(Cl)cc(Cl)c2)cc1COc1ccccc1C(C)(C)C. The molecule has 1 amide bonds. The van der Waals surface area contributed by atoms with E-state index in [1.165, 1.54) is 0 Å². The van der Waals surface area contributed by atoms with E-state index < -0.39 is 0 Å². The summed E-state index contributed by atoms with van der Waals surface area (Å²) in [4.78, 5) is 12.8. The standard InChI is InChI=1S/C26H27Cl2NO3/c1-5-31-23-11-10-17(25(30)29-21-14-19(27)13-20(28)15-21)12-18(23)16-32-24-9-7-6-8-22(24)26(2,3)4/h6-15H,5,16H2,1-4H3,(H,29,30). The number of para-hydroxylation sites is 1. The third-order valence-electron chi connectivity index (χ3n) is 4.82. The van der Waals surface area contributed by atoms with Gasteiger partial charge in [-0.3, -0.25) is 4.79 Å². The van der Waals surface area contributed by atoms with Gasteiger partial charge < -0.3 is 14.8 Å². The van der Waals surface area contributed by atoms with Crippen LogP contribution in [0.25, 0.3) is 0 Å². The highest BCUT2D eigenvalue weighted by molar-refractivity contribution is 6.35. The summed E-state index contributed by atoms with van der Waals surface area (Å²) in [5, 5.41) is 3.73. The number of halogens is 2. The van der Waals surface area contributed by atoms with E-state index in [1.807, 2.05) is 25.1 Å². The maximum atomic E-state index is 12.8. The number of nitrogens with one attached hydrogen (secondary N) is 1. The Hall–Kier alpha value is -2.69. The van der Waals surface area contributed by atoms with Crippen molar-refractivity contribution in [3.8, 4) is 11.5 Å². The molecule has 0 bridgehead atoms. The quantitative estimate of drug-likeness (QED) is 0.387. The van der Waals surface area contributed by atoms with Gasteiger partial charge in [0, 0.05) is 26.9 Å². The third kappa shape index (κ3) is 6.18. The van der Waals surface area contributed by atoms with Crippen LogP contribution in [0.1, 0.15) is 49.2 Å². The van der Waals surface area contributed by atoms with Crippen molar-refractivity contribution in [3.05, 3.63) is 87.4 Å². The molecule has 3 rings (SSSR count). The minimum atomic E-state index is -0.275. The number of carbonyl (C=O) groups excluding carboxylic acids is 1. The van der Waals surface area contributed by atoms with Crippen molar-refractivity contribution in [1.29, 1.82) is 0 Å². The smallest absolute Gasteiger partial charge is 0.255 e. The molecule has 6 heteroatoms. The van der Waals surface area contributed by atoms with E-state index in [-0.39, 0.29) is 17.9 Å². The Morgan fingerprint density at radius 1 is 0.906 bits per heavy atom. The summed E-state index contributed by atoms with van der Waals surface area (Å²) in [6, 6.07) is 18.2. The number of rotatable bonds is 7. The number of amides is 1. The van der Waals surface area contributed by atoms with Gasteiger partial charge in [-0.1, -0.05) is 62.2 Å². The van der Waals surface area contributed by atoms with Crippen LogP contribution in [0.5, 0.6) is 11.5 Å². The molecule has 0 saturated heterocycles. The topological polar surface area (TPSA) is 47.6 Å². The molecule has 3 aromatic rings. The van der Waals surface area contributed by atoms with Gasteiger partial charge >= 0.3 is 0 Å². The van der Waals surface area contributed by atoms with Gasteiger partial charge in [-0.2, -0.15) is 0 Å². The van der Waals surface area contributed by atoms with Gasteiger partial charge in [0.15, 0.2) is 0 Å². The zero-order valence-corrected chi connectivity index (χ0v) is 20.2. The fraction of sp³-hybridized carbons (Fsp3) is 0.269. The fourth-order valence-electron chi connectivity index (χ4n) is 3.33. The lowest BCUT2D eigenvalue weighted by Gasteiger charge is -2.23. The van der Waals surface area contributed by atoms with E-state index in [2.05, 4.69) is 32.2 Å². The van der Waals surface area contributed by atoms with Crippen LogP contribution in [0.15, 0.2) is 60.7 Å². The fourth-order valence-corrected chi connectivity index (χ4v) is 3.85. The molecule has 0 heterocycles. The molecule has 0 aromatic heterocycles. The molecular weight excluding hydrogens is 445 g/mol. The van der Waals surface area contributed by atoms with E-state index in [0.717, 1.165) is 16.9 Å². The van der Waals surface area contributed by atoms with Crippen LogP contribution < -0.4 is 14.8 Å². The highest BCUT2D eigenvalue weighted by Gasteiger charge is 2.19. The van der Waals surface area contributed by atoms with E-state index in [0.29, 0.717) is 33.7 Å². The minimum absolute atomic E-state index is 0.0562. The summed E-state index contributed by atoms with van der Waals surface area (Å²) < 4.78 is 11.9. The van der Waals surface area contributed by atoms with Gasteiger partial charge in [0.2, 0.25) is 0 Å². The molecule has 0 unspecified atom stereocenters. The molecule has 0 fully saturated rings. The number of hydrogen-bond donors (Lipinski definition) is 1. The number of anilines is 1. The van der Waals surface area contributed by atoms with Gasteiger partial charge in [0.1, 0.15) is 18.1 Å². The first-order chi connectivity index (χ1) is 15.2. The molecule has 168 valence electrons. The number of hydrogen-bond acceptors (Lipinski definition) is 3. The van der Waals surface area contributed by atoms with Crippen molar-refractivity contribution in [1.82, 2.24) is 0 Å². The third-order valence-corrected chi connectivity index (χ3v) is 5.26. The van der Waals surface area contributed by atoms with E-state index in [9.17, 15) is 4.79 Å². The first-order valence-electron chi connectivity index (χ1n) is 10.4. The summed E-state index contributed by atoms with van der Waals surface area (Å²) in [7, 11) is 0. The highest BCUT2D eigenvalue weighted by atomic mass is 35.5. The molecule has 0 spiro atoms.